The van der Waals surface area contributed by atoms with Crippen LogP contribution in [0.3, 0.4) is 0 Å². The first-order chi connectivity index (χ1) is 9.51. The quantitative estimate of drug-likeness (QED) is 0.836. The fraction of sp³-hybridized carbons (Fsp3) is 0.250. The largest absolute Gasteiger partial charge is 0.399 e. The summed E-state index contributed by atoms with van der Waals surface area (Å²) in [5.41, 5.74) is 10.0. The van der Waals surface area contributed by atoms with Crippen LogP contribution in [0, 0.1) is 25.2 Å². The Hall–Kier alpha value is -2.54. The van der Waals surface area contributed by atoms with Gasteiger partial charge in [0.1, 0.15) is 11.9 Å². The molecule has 4 nitrogen and oxygen atoms in total. The summed E-state index contributed by atoms with van der Waals surface area (Å²) in [6, 6.07) is 11.8. The monoisotopic (exact) mass is 266 g/mol. The van der Waals surface area contributed by atoms with Gasteiger partial charge in [-0.25, -0.2) is 4.98 Å². The molecule has 4 heteroatoms. The zero-order valence-corrected chi connectivity index (χ0v) is 11.9. The second-order valence-electron chi connectivity index (χ2n) is 4.95. The predicted molar refractivity (Wildman–Crippen MR) is 81.3 cm³/mol. The van der Waals surface area contributed by atoms with Crippen LogP contribution in [0.2, 0.25) is 0 Å². The summed E-state index contributed by atoms with van der Waals surface area (Å²) in [5.74, 6) is 0.625. The minimum absolute atomic E-state index is 0.0271. The number of rotatable bonds is 3. The van der Waals surface area contributed by atoms with Crippen molar-refractivity contribution in [2.75, 3.05) is 11.1 Å². The third kappa shape index (κ3) is 2.89. The van der Waals surface area contributed by atoms with Crippen LogP contribution in [0.5, 0.6) is 0 Å². The summed E-state index contributed by atoms with van der Waals surface area (Å²) in [4.78, 5) is 4.43. The molecule has 1 aromatic heterocycles. The Balaban J connectivity index is 2.33. The molecular weight excluding hydrogens is 248 g/mol. The van der Waals surface area contributed by atoms with Gasteiger partial charge in [0.25, 0.3) is 0 Å². The zero-order chi connectivity index (χ0) is 14.7. The number of benzene rings is 1. The topological polar surface area (TPSA) is 74.7 Å². The van der Waals surface area contributed by atoms with Crippen LogP contribution in [0.1, 0.15) is 35.3 Å². The molecular formula is C16H18N4. The number of aryl methyl sites for hydroxylation is 2. The molecule has 1 heterocycles. The molecule has 1 aromatic carbocycles. The van der Waals surface area contributed by atoms with Crippen LogP contribution in [0.15, 0.2) is 30.3 Å². The molecule has 0 spiro atoms. The summed E-state index contributed by atoms with van der Waals surface area (Å²) in [5, 5.41) is 12.6. The third-order valence-corrected chi connectivity index (χ3v) is 3.22. The minimum Gasteiger partial charge on any atom is -0.399 e. The van der Waals surface area contributed by atoms with Gasteiger partial charge in [-0.3, -0.25) is 0 Å². The summed E-state index contributed by atoms with van der Waals surface area (Å²) in [7, 11) is 0. The maximum Gasteiger partial charge on any atom is 0.144 e. The average Bonchev–Trinajstić information content (AvgIpc) is 2.38. The molecule has 0 aliphatic heterocycles. The summed E-state index contributed by atoms with van der Waals surface area (Å²) < 4.78 is 0. The van der Waals surface area contributed by atoms with Crippen molar-refractivity contribution in [3.05, 3.63) is 52.7 Å². The fourth-order valence-corrected chi connectivity index (χ4v) is 2.20. The number of nitrogens with one attached hydrogen (secondary N) is 1. The van der Waals surface area contributed by atoms with Crippen LogP contribution < -0.4 is 11.1 Å². The molecule has 20 heavy (non-hydrogen) atoms. The van der Waals surface area contributed by atoms with Crippen molar-refractivity contribution in [3.8, 4) is 6.07 Å². The van der Waals surface area contributed by atoms with Crippen molar-refractivity contribution < 1.29 is 0 Å². The first kappa shape index (κ1) is 13.9. The van der Waals surface area contributed by atoms with Gasteiger partial charge < -0.3 is 11.1 Å². The summed E-state index contributed by atoms with van der Waals surface area (Å²) >= 11 is 0. The van der Waals surface area contributed by atoms with Crippen molar-refractivity contribution >= 4 is 11.5 Å². The lowest BCUT2D eigenvalue weighted by molar-refractivity contribution is 0.870. The first-order valence-corrected chi connectivity index (χ1v) is 6.51. The van der Waals surface area contributed by atoms with E-state index in [-0.39, 0.29) is 6.04 Å². The van der Waals surface area contributed by atoms with Crippen LogP contribution in [-0.2, 0) is 0 Å². The van der Waals surface area contributed by atoms with E-state index in [1.165, 1.54) is 0 Å². The smallest absolute Gasteiger partial charge is 0.144 e. The van der Waals surface area contributed by atoms with Crippen LogP contribution in [0.4, 0.5) is 11.5 Å². The lowest BCUT2D eigenvalue weighted by Crippen LogP contribution is -2.11. The van der Waals surface area contributed by atoms with Crippen molar-refractivity contribution in [1.82, 2.24) is 4.98 Å². The molecule has 102 valence electrons. The molecule has 2 rings (SSSR count). The Labute approximate surface area is 119 Å². The maximum atomic E-state index is 9.27. The van der Waals surface area contributed by atoms with E-state index in [0.717, 1.165) is 22.5 Å². The number of anilines is 2. The number of nitrogens with zero attached hydrogens (tertiary/aromatic N) is 2. The average molecular weight is 266 g/mol. The normalized spacial score (nSPS) is 11.7. The Morgan fingerprint density at radius 3 is 2.70 bits per heavy atom. The van der Waals surface area contributed by atoms with Crippen molar-refractivity contribution in [1.29, 1.82) is 5.26 Å². The zero-order valence-electron chi connectivity index (χ0n) is 11.9. The van der Waals surface area contributed by atoms with Crippen molar-refractivity contribution in [2.45, 2.75) is 26.8 Å². The number of nitriles is 1. The van der Waals surface area contributed by atoms with Crippen LogP contribution >= 0.6 is 0 Å². The number of nitrogens with two attached hydrogens (primary N) is 1. The molecule has 0 bridgehead atoms. The van der Waals surface area contributed by atoms with Gasteiger partial charge in [-0.05, 0) is 50.1 Å². The lowest BCUT2D eigenvalue weighted by atomic mass is 10.1. The van der Waals surface area contributed by atoms with Gasteiger partial charge in [0, 0.05) is 11.4 Å². The molecule has 0 aliphatic rings. The Bertz CT molecular complexity index is 671. The molecule has 0 fully saturated rings. The highest BCUT2D eigenvalue weighted by molar-refractivity contribution is 5.57. The van der Waals surface area contributed by atoms with E-state index in [0.29, 0.717) is 11.4 Å². The predicted octanol–water partition coefficient (Wildman–Crippen LogP) is 3.33. The van der Waals surface area contributed by atoms with Gasteiger partial charge in [-0.15, -0.1) is 0 Å². The van der Waals surface area contributed by atoms with Gasteiger partial charge in [0.15, 0.2) is 0 Å². The lowest BCUT2D eigenvalue weighted by Gasteiger charge is -2.17. The van der Waals surface area contributed by atoms with Crippen LogP contribution in [-0.4, -0.2) is 4.98 Å². The van der Waals surface area contributed by atoms with E-state index in [1.54, 1.807) is 0 Å². The van der Waals surface area contributed by atoms with Gasteiger partial charge in [-0.1, -0.05) is 12.1 Å². The van der Waals surface area contributed by atoms with E-state index in [2.05, 4.69) is 16.4 Å². The number of pyridine rings is 1. The van der Waals surface area contributed by atoms with E-state index < -0.39 is 0 Å². The Morgan fingerprint density at radius 1 is 1.30 bits per heavy atom. The van der Waals surface area contributed by atoms with Gasteiger partial charge >= 0.3 is 0 Å². The number of hydrogen-bond acceptors (Lipinski definition) is 4. The Morgan fingerprint density at radius 2 is 2.05 bits per heavy atom. The van der Waals surface area contributed by atoms with Crippen molar-refractivity contribution in [3.63, 3.8) is 0 Å². The molecule has 0 radical (unpaired) electrons. The van der Waals surface area contributed by atoms with Gasteiger partial charge in [-0.2, -0.15) is 5.26 Å². The standard InChI is InChI=1S/C16H18N4/c1-10-7-11(2)19-16(15(10)9-17)20-12(3)13-5-4-6-14(18)8-13/h4-8,12H,18H2,1-3H3,(H,19,20). The second kappa shape index (κ2) is 5.62. The molecule has 1 unspecified atom stereocenters. The van der Waals surface area contributed by atoms with E-state index in [4.69, 9.17) is 5.73 Å². The Kier molecular flexibility index (Phi) is 3.90. The number of hydrogen-bond donors (Lipinski definition) is 2. The van der Waals surface area contributed by atoms with E-state index in [9.17, 15) is 5.26 Å². The molecule has 2 aromatic rings. The minimum atomic E-state index is 0.0271. The number of aromatic nitrogens is 1. The second-order valence-corrected chi connectivity index (χ2v) is 4.95. The molecule has 3 N–H and O–H groups in total. The van der Waals surface area contributed by atoms with E-state index in [1.807, 2.05) is 51.1 Å². The SMILES string of the molecule is Cc1cc(C)c(C#N)c(NC(C)c2cccc(N)c2)n1. The highest BCUT2D eigenvalue weighted by Crippen LogP contribution is 2.24. The van der Waals surface area contributed by atoms with Crippen molar-refractivity contribution in [2.24, 2.45) is 0 Å². The molecule has 0 saturated heterocycles. The van der Waals surface area contributed by atoms with E-state index >= 15 is 0 Å². The maximum absolute atomic E-state index is 9.27. The summed E-state index contributed by atoms with van der Waals surface area (Å²) in [6.07, 6.45) is 0. The molecule has 0 aliphatic carbocycles. The molecule has 0 amide bonds. The summed E-state index contributed by atoms with van der Waals surface area (Å²) in [6.45, 7) is 5.86. The molecule has 1 atom stereocenters. The van der Waals surface area contributed by atoms with Gasteiger partial charge in [0.05, 0.1) is 11.6 Å². The van der Waals surface area contributed by atoms with Crippen LogP contribution in [0.25, 0.3) is 0 Å². The highest BCUT2D eigenvalue weighted by Gasteiger charge is 2.12. The fourth-order valence-electron chi connectivity index (χ4n) is 2.20. The highest BCUT2D eigenvalue weighted by atomic mass is 15.0. The first-order valence-electron chi connectivity index (χ1n) is 6.51. The third-order valence-electron chi connectivity index (χ3n) is 3.22. The molecule has 0 saturated carbocycles. The van der Waals surface area contributed by atoms with Gasteiger partial charge in [0.2, 0.25) is 0 Å². The number of nitrogen functional groups attached to an aromatic ring is 1.